The Morgan fingerprint density at radius 2 is 1.01 bits per heavy atom. The molecule has 96 heavy (non-hydrogen) atoms. The zero-order valence-electron chi connectivity index (χ0n) is 55.3. The first-order valence-corrected chi connectivity index (χ1v) is 32.1. The van der Waals surface area contributed by atoms with Crippen LogP contribution in [0, 0.1) is 11.8 Å². The van der Waals surface area contributed by atoms with Gasteiger partial charge in [-0.3, -0.25) is 71.9 Å². The highest BCUT2D eigenvalue weighted by molar-refractivity contribution is 6.00. The van der Waals surface area contributed by atoms with Crippen LogP contribution < -0.4 is 64.6 Å². The maximum absolute atomic E-state index is 14.7. The molecule has 0 radical (unpaired) electrons. The molecule has 0 saturated carbocycles. The fraction of sp³-hybridized carbons (Fsp3) is 0.645. The molecule has 34 heteroatoms. The number of carboxylic acids is 4. The van der Waals surface area contributed by atoms with Crippen LogP contribution in [0.5, 0.6) is 0 Å². The summed E-state index contributed by atoms with van der Waals surface area (Å²) in [5.74, 6) is -16.2. The second-order valence-electron chi connectivity index (χ2n) is 24.6. The van der Waals surface area contributed by atoms with Crippen LogP contribution >= 0.6 is 0 Å². The number of aliphatic carboxylic acids is 4. The van der Waals surface area contributed by atoms with Gasteiger partial charge in [-0.2, -0.15) is 0 Å². The minimum atomic E-state index is -1.92. The topological polar surface area (TPSA) is 533 Å². The highest BCUT2D eigenvalue weighted by Crippen LogP contribution is 2.24. The molecule has 3 aliphatic heterocycles. The van der Waals surface area contributed by atoms with Gasteiger partial charge < -0.3 is 94.9 Å². The molecule has 3 fully saturated rings. The number of carbonyl (C=O) groups is 16. The van der Waals surface area contributed by atoms with Crippen LogP contribution in [0.1, 0.15) is 144 Å². The summed E-state index contributed by atoms with van der Waals surface area (Å²) in [6.45, 7) is 11.3. The van der Waals surface area contributed by atoms with E-state index in [1.807, 2.05) is 5.32 Å². The molecule has 3 heterocycles. The minimum Gasteiger partial charge on any atom is -0.481 e. The normalized spacial score (nSPS) is 18.5. The number of carboxylic acid groups (broad SMARTS) is 4. The highest BCUT2D eigenvalue weighted by atomic mass is 16.4. The van der Waals surface area contributed by atoms with Crippen LogP contribution in [0.4, 0.5) is 0 Å². The highest BCUT2D eigenvalue weighted by Gasteiger charge is 2.44. The van der Waals surface area contributed by atoms with E-state index in [9.17, 15) is 87.2 Å². The molecule has 3 saturated heterocycles. The molecule has 4 rings (SSSR count). The average molecular weight is 1360 g/mol. The predicted octanol–water partition coefficient (Wildman–Crippen LogP) is -3.41. The number of carbonyl (C=O) groups excluding carboxylic acids is 12. The Kier molecular flexibility index (Phi) is 33.8. The van der Waals surface area contributed by atoms with Crippen LogP contribution in [0.3, 0.4) is 0 Å². The average Bonchev–Trinajstić information content (AvgIpc) is 1.62. The third kappa shape index (κ3) is 26.8. The van der Waals surface area contributed by atoms with Crippen molar-refractivity contribution in [1.29, 1.82) is 0 Å². The molecule has 0 unspecified atom stereocenters. The standard InChI is InChI=1S/C60H92N14O18.C2H4O2/c1-31(2)47(57(88)67-37(17-10-11-25-61)52(83)66-38(21-23-44(62)75)53(84)70-41(60(91)92)30-46(78)79)71-54(85)40(29-35-15-8-7-9-16-35)69-55(86)42-19-14-28-74(42)59(90)48(32(3)4)72-56(87)43-20-13-27-73(43)58(89)39(22-24-45(76)77)68-50(81)34(6)64-49(80)33(5)65-51(82)36-18-12-26-63-36;1-2(3)4/h7-9,15-16,31-34,36-43,47-48,63H,10-14,17-30,61H2,1-6H3,(H2,62,75)(H,64,80)(H,65,82)(H,66,83)(H,67,88)(H,68,81)(H,69,86)(H,70,84)(H,71,85)(H,72,87)(H,76,77)(H,78,79)(H,91,92);1H3,(H,3,4)/t33-,34-,36-,37-,38-,39-,40-,41-,42-,43-,47-,48-;/m0./s1. The first-order chi connectivity index (χ1) is 45.2. The van der Waals surface area contributed by atoms with E-state index in [4.69, 9.17) is 21.4 Å². The van der Waals surface area contributed by atoms with E-state index in [2.05, 4.69) is 47.9 Å². The van der Waals surface area contributed by atoms with Crippen molar-refractivity contribution in [3.63, 3.8) is 0 Å². The van der Waals surface area contributed by atoms with Gasteiger partial charge in [-0.1, -0.05) is 58.0 Å². The van der Waals surface area contributed by atoms with Gasteiger partial charge >= 0.3 is 17.9 Å². The number of nitrogens with one attached hydrogen (secondary N) is 10. The van der Waals surface area contributed by atoms with Gasteiger partial charge in [0.1, 0.15) is 66.5 Å². The lowest BCUT2D eigenvalue weighted by Crippen LogP contribution is -2.61. The van der Waals surface area contributed by atoms with E-state index in [1.54, 1.807) is 58.0 Å². The number of rotatable bonds is 37. The van der Waals surface area contributed by atoms with E-state index in [1.165, 1.54) is 23.6 Å². The molecule has 0 aromatic heterocycles. The van der Waals surface area contributed by atoms with Crippen molar-refractivity contribution < 1.29 is 97.1 Å². The van der Waals surface area contributed by atoms with Crippen LogP contribution in [-0.4, -0.2) is 224 Å². The summed E-state index contributed by atoms with van der Waals surface area (Å²) < 4.78 is 0. The van der Waals surface area contributed by atoms with Gasteiger partial charge in [0.2, 0.25) is 70.9 Å². The number of nitrogens with two attached hydrogens (primary N) is 2. The Morgan fingerprint density at radius 1 is 0.510 bits per heavy atom. The quantitative estimate of drug-likeness (QED) is 0.0289. The number of primary amides is 1. The molecule has 34 nitrogen and oxygen atoms in total. The van der Waals surface area contributed by atoms with Crippen molar-refractivity contribution in [3.8, 4) is 0 Å². The Labute approximate surface area is 555 Å². The molecule has 0 spiro atoms. The summed E-state index contributed by atoms with van der Waals surface area (Å²) in [4.78, 5) is 211. The molecule has 12 amide bonds. The van der Waals surface area contributed by atoms with E-state index >= 15 is 0 Å². The van der Waals surface area contributed by atoms with Crippen molar-refractivity contribution in [2.24, 2.45) is 23.3 Å². The first-order valence-electron chi connectivity index (χ1n) is 32.1. The van der Waals surface area contributed by atoms with Gasteiger partial charge in [0.25, 0.3) is 5.97 Å². The largest absolute Gasteiger partial charge is 0.481 e. The van der Waals surface area contributed by atoms with Crippen LogP contribution in [0.15, 0.2) is 30.3 Å². The van der Waals surface area contributed by atoms with Gasteiger partial charge in [-0.15, -0.1) is 0 Å². The Morgan fingerprint density at radius 3 is 1.53 bits per heavy atom. The number of benzene rings is 1. The van der Waals surface area contributed by atoms with E-state index in [0.717, 1.165) is 13.3 Å². The summed E-state index contributed by atoms with van der Waals surface area (Å²) >= 11 is 0. The minimum absolute atomic E-state index is 0.0269. The number of nitrogens with zero attached hydrogens (tertiary/aromatic N) is 2. The van der Waals surface area contributed by atoms with Crippen LogP contribution in [-0.2, 0) is 83.1 Å². The van der Waals surface area contributed by atoms with Crippen molar-refractivity contribution in [3.05, 3.63) is 35.9 Å². The van der Waals surface area contributed by atoms with Gasteiger partial charge in [0, 0.05) is 39.3 Å². The Bertz CT molecular complexity index is 2920. The third-order valence-corrected chi connectivity index (χ3v) is 16.1. The van der Waals surface area contributed by atoms with E-state index in [-0.39, 0.29) is 64.1 Å². The SMILES string of the molecule is CC(=O)O.CC(C)[C@H](NC(=O)[C@H](Cc1ccccc1)NC(=O)[C@@H]1CCCN1C(=O)[C@@H](NC(=O)[C@@H]1CCCN1C(=O)[C@H](CCC(=O)O)NC(=O)[C@H](C)NC(=O)[C@H](C)NC(=O)[C@@H]1CCCN1)C(C)C)C(=O)N[C@@H](CCCCN)C(=O)N[C@@H](CCC(N)=O)C(=O)N[C@@H](CC(=O)O)C(=O)O. The summed E-state index contributed by atoms with van der Waals surface area (Å²) in [7, 11) is 0. The summed E-state index contributed by atoms with van der Waals surface area (Å²) in [6, 6.07) is -7.03. The third-order valence-electron chi connectivity index (χ3n) is 16.1. The Balaban J connectivity index is 0.00000583. The van der Waals surface area contributed by atoms with E-state index < -0.39 is 199 Å². The number of amides is 12. The van der Waals surface area contributed by atoms with Crippen LogP contribution in [0.25, 0.3) is 0 Å². The van der Waals surface area contributed by atoms with Gasteiger partial charge in [0.05, 0.1) is 12.5 Å². The molecule has 0 aliphatic carbocycles. The lowest BCUT2D eigenvalue weighted by Gasteiger charge is -2.33. The zero-order valence-corrected chi connectivity index (χ0v) is 55.3. The number of unbranched alkanes of at least 4 members (excludes halogenated alkanes) is 1. The Hall–Kier alpha value is -9.34. The lowest BCUT2D eigenvalue weighted by atomic mass is 9.99. The first kappa shape index (κ1) is 80.9. The maximum atomic E-state index is 14.7. The van der Waals surface area contributed by atoms with Gasteiger partial charge in [-0.25, -0.2) is 4.79 Å². The number of likely N-dealkylation sites (tertiary alicyclic amines) is 2. The smallest absolute Gasteiger partial charge is 0.326 e. The van der Waals surface area contributed by atoms with Crippen molar-refractivity contribution in [1.82, 2.24) is 63.0 Å². The number of hydrogen-bond donors (Lipinski definition) is 16. The molecular formula is C62H96N14O20. The monoisotopic (exact) mass is 1360 g/mol. The molecule has 1 aromatic carbocycles. The summed E-state index contributed by atoms with van der Waals surface area (Å²) in [5.41, 5.74) is 11.6. The van der Waals surface area contributed by atoms with Gasteiger partial charge in [-0.05, 0) is 115 Å². The number of hydrogen-bond acceptors (Lipinski definition) is 18. The van der Waals surface area contributed by atoms with Crippen molar-refractivity contribution in [2.75, 3.05) is 26.2 Å². The fourth-order valence-electron chi connectivity index (χ4n) is 10.9. The maximum Gasteiger partial charge on any atom is 0.326 e. The van der Waals surface area contributed by atoms with Crippen molar-refractivity contribution >= 4 is 94.8 Å². The second-order valence-corrected chi connectivity index (χ2v) is 24.6. The lowest BCUT2D eigenvalue weighted by molar-refractivity contribution is -0.147. The summed E-state index contributed by atoms with van der Waals surface area (Å²) in [6.07, 6.45) is -0.116. The predicted molar refractivity (Wildman–Crippen MR) is 340 cm³/mol. The fourth-order valence-corrected chi connectivity index (χ4v) is 10.9. The molecule has 534 valence electrons. The summed E-state index contributed by atoms with van der Waals surface area (Å²) in [5, 5.41) is 61.7. The second kappa shape index (κ2) is 40.1. The van der Waals surface area contributed by atoms with Crippen LogP contribution in [0.2, 0.25) is 0 Å². The molecule has 1 aromatic rings. The molecule has 0 bridgehead atoms. The molecule has 18 N–H and O–H groups in total. The molecule has 3 aliphatic rings. The zero-order chi connectivity index (χ0) is 72.1. The molecule has 12 atom stereocenters. The van der Waals surface area contributed by atoms with Crippen molar-refractivity contribution in [2.45, 2.75) is 217 Å². The van der Waals surface area contributed by atoms with E-state index in [0.29, 0.717) is 37.8 Å². The van der Waals surface area contributed by atoms with Gasteiger partial charge in [0.15, 0.2) is 0 Å². The molecular weight excluding hydrogens is 1260 g/mol.